The number of hydrogen-bond donors (Lipinski definition) is 2. The van der Waals surface area contributed by atoms with E-state index in [-0.39, 0.29) is 12.5 Å². The Morgan fingerprint density at radius 2 is 1.93 bits per heavy atom. The number of ether oxygens (including phenoxy) is 1. The summed E-state index contributed by atoms with van der Waals surface area (Å²) in [7, 11) is 1.57. The van der Waals surface area contributed by atoms with Gasteiger partial charge in [-0.25, -0.2) is 9.86 Å². The molecule has 3 aromatic rings. The van der Waals surface area contributed by atoms with Crippen LogP contribution in [-0.4, -0.2) is 40.4 Å². The fraction of sp³-hybridized carbons (Fsp3) is 0.182. The Kier molecular flexibility index (Phi) is 5.99. The molecule has 7 nitrogen and oxygen atoms in total. The number of benzene rings is 2. The summed E-state index contributed by atoms with van der Waals surface area (Å²) in [4.78, 5) is 24.1. The second-order valence-corrected chi connectivity index (χ2v) is 6.58. The highest BCUT2D eigenvalue weighted by Gasteiger charge is 2.19. The van der Waals surface area contributed by atoms with Gasteiger partial charge < -0.3 is 10.5 Å². The van der Waals surface area contributed by atoms with Gasteiger partial charge in [-0.3, -0.25) is 14.6 Å². The molecule has 0 radical (unpaired) electrons. The summed E-state index contributed by atoms with van der Waals surface area (Å²) < 4.78 is 6.93. The zero-order valence-corrected chi connectivity index (χ0v) is 16.3. The highest BCUT2D eigenvalue weighted by Crippen LogP contribution is 2.30. The van der Waals surface area contributed by atoms with Crippen molar-refractivity contribution in [2.45, 2.75) is 13.3 Å². The van der Waals surface area contributed by atoms with Gasteiger partial charge in [-0.2, -0.15) is 0 Å². The van der Waals surface area contributed by atoms with E-state index >= 15 is 0 Å². The van der Waals surface area contributed by atoms with E-state index in [0.717, 1.165) is 27.7 Å². The van der Waals surface area contributed by atoms with Crippen LogP contribution in [0.4, 0.5) is 4.79 Å². The van der Waals surface area contributed by atoms with Gasteiger partial charge in [-0.15, -0.1) is 0 Å². The third-order valence-corrected chi connectivity index (χ3v) is 4.81. The third-order valence-electron chi connectivity index (χ3n) is 4.81. The monoisotopic (exact) mass is 393 g/mol. The molecule has 0 aliphatic rings. The maximum Gasteiger partial charge on any atom is 0.338 e. The highest BCUT2D eigenvalue weighted by molar-refractivity contribution is 6.02. The number of fused-ring (bicyclic) bond motifs is 1. The Labute approximate surface area is 168 Å². The van der Waals surface area contributed by atoms with Crippen molar-refractivity contribution in [3.05, 3.63) is 71.4 Å². The number of rotatable bonds is 6. The normalized spacial score (nSPS) is 11.1. The van der Waals surface area contributed by atoms with Crippen LogP contribution >= 0.6 is 0 Å². The molecule has 0 saturated carbocycles. The lowest BCUT2D eigenvalue weighted by atomic mass is 10.1. The number of hydrogen-bond acceptors (Lipinski definition) is 4. The summed E-state index contributed by atoms with van der Waals surface area (Å²) in [6, 6.07) is 14.1. The molecule has 0 spiro atoms. The molecule has 29 heavy (non-hydrogen) atoms. The van der Waals surface area contributed by atoms with Crippen LogP contribution in [-0.2, 0) is 6.42 Å². The van der Waals surface area contributed by atoms with Crippen molar-refractivity contribution in [2.75, 3.05) is 13.7 Å². The number of nitrogens with two attached hydrogens (primary N) is 1. The molecule has 0 aliphatic heterocycles. The molecule has 1 heterocycles. The van der Waals surface area contributed by atoms with Crippen molar-refractivity contribution in [1.82, 2.24) is 9.63 Å². The van der Waals surface area contributed by atoms with Crippen molar-refractivity contribution in [3.63, 3.8) is 0 Å². The van der Waals surface area contributed by atoms with Crippen molar-refractivity contribution in [1.29, 1.82) is 0 Å². The van der Waals surface area contributed by atoms with E-state index in [1.165, 1.54) is 6.08 Å². The average Bonchev–Trinajstić information content (AvgIpc) is 3.01. The molecular formula is C22H23N3O4. The minimum atomic E-state index is -0.925. The quantitative estimate of drug-likeness (QED) is 0.380. The molecule has 7 heteroatoms. The lowest BCUT2D eigenvalue weighted by Gasteiger charge is -2.12. The molecule has 150 valence electrons. The number of carbonyl (C=O) groups is 2. The van der Waals surface area contributed by atoms with E-state index in [2.05, 4.69) is 0 Å². The standard InChI is InChI=1S/C22H23N3O4/c1-15-18(12-13-24(28)22(23)27)19-14-17(29-2)9-10-20(19)25(15)21(26)11-8-16-6-4-3-5-7-16/h3-11,14,28H,12-13H2,1-2H3,(H2,23,27)/b11-8+. The van der Waals surface area contributed by atoms with Gasteiger partial charge in [0, 0.05) is 17.2 Å². The zero-order chi connectivity index (χ0) is 21.0. The number of primary amides is 1. The predicted molar refractivity (Wildman–Crippen MR) is 111 cm³/mol. The maximum atomic E-state index is 13.0. The summed E-state index contributed by atoms with van der Waals surface area (Å²) in [5, 5.41) is 10.9. The van der Waals surface area contributed by atoms with Gasteiger partial charge in [-0.1, -0.05) is 30.3 Å². The molecule has 3 N–H and O–H groups in total. The average molecular weight is 393 g/mol. The first-order valence-electron chi connectivity index (χ1n) is 9.13. The maximum absolute atomic E-state index is 13.0. The Hall–Kier alpha value is -3.58. The molecule has 3 rings (SSSR count). The molecule has 0 unspecified atom stereocenters. The summed E-state index contributed by atoms with van der Waals surface area (Å²) >= 11 is 0. The minimum absolute atomic E-state index is 0.0144. The first-order valence-corrected chi connectivity index (χ1v) is 9.13. The zero-order valence-electron chi connectivity index (χ0n) is 16.3. The molecular weight excluding hydrogens is 370 g/mol. The van der Waals surface area contributed by atoms with Crippen LogP contribution in [0.25, 0.3) is 17.0 Å². The van der Waals surface area contributed by atoms with Gasteiger partial charge >= 0.3 is 6.03 Å². The van der Waals surface area contributed by atoms with Crippen LogP contribution in [0.5, 0.6) is 5.75 Å². The van der Waals surface area contributed by atoms with E-state index in [1.807, 2.05) is 49.4 Å². The van der Waals surface area contributed by atoms with Gasteiger partial charge in [0.2, 0.25) is 0 Å². The first kappa shape index (κ1) is 20.2. The molecule has 0 fully saturated rings. The second-order valence-electron chi connectivity index (χ2n) is 6.58. The molecule has 0 saturated heterocycles. The van der Waals surface area contributed by atoms with E-state index in [1.54, 1.807) is 23.8 Å². The summed E-state index contributed by atoms with van der Waals surface area (Å²) in [5.41, 5.74) is 8.31. The van der Waals surface area contributed by atoms with Crippen LogP contribution in [0.1, 0.15) is 21.6 Å². The van der Waals surface area contributed by atoms with Crippen molar-refractivity contribution >= 4 is 28.9 Å². The number of aromatic nitrogens is 1. The fourth-order valence-electron chi connectivity index (χ4n) is 3.32. The van der Waals surface area contributed by atoms with Gasteiger partial charge in [0.05, 0.1) is 19.2 Å². The Balaban J connectivity index is 2.02. The number of allylic oxidation sites excluding steroid dienone is 1. The van der Waals surface area contributed by atoms with Gasteiger partial charge in [0.1, 0.15) is 5.75 Å². The van der Waals surface area contributed by atoms with Crippen molar-refractivity contribution in [3.8, 4) is 5.75 Å². The lowest BCUT2D eigenvalue weighted by Crippen LogP contribution is -2.34. The largest absolute Gasteiger partial charge is 0.497 e. The number of urea groups is 1. The fourth-order valence-corrected chi connectivity index (χ4v) is 3.32. The third kappa shape index (κ3) is 4.30. The van der Waals surface area contributed by atoms with Crippen LogP contribution in [0.2, 0.25) is 0 Å². The number of carbonyl (C=O) groups excluding carboxylic acids is 2. The Morgan fingerprint density at radius 3 is 2.59 bits per heavy atom. The van der Waals surface area contributed by atoms with E-state index in [4.69, 9.17) is 10.5 Å². The van der Waals surface area contributed by atoms with Crippen LogP contribution in [0.15, 0.2) is 54.6 Å². The molecule has 2 aromatic carbocycles. The first-order chi connectivity index (χ1) is 13.9. The number of nitrogens with zero attached hydrogens (tertiary/aromatic N) is 2. The number of hydroxylamine groups is 2. The van der Waals surface area contributed by atoms with Gasteiger partial charge in [-0.05, 0) is 48.7 Å². The predicted octanol–water partition coefficient (Wildman–Crippen LogP) is 3.62. The summed E-state index contributed by atoms with van der Waals surface area (Å²) in [6.07, 6.45) is 3.62. The van der Waals surface area contributed by atoms with E-state index in [0.29, 0.717) is 17.2 Å². The smallest absolute Gasteiger partial charge is 0.338 e. The molecule has 1 aromatic heterocycles. The molecule has 2 amide bonds. The topological polar surface area (TPSA) is 97.8 Å². The van der Waals surface area contributed by atoms with Gasteiger partial charge in [0.25, 0.3) is 5.91 Å². The molecule has 0 atom stereocenters. The lowest BCUT2D eigenvalue weighted by molar-refractivity contribution is -0.0381. The van der Waals surface area contributed by atoms with Crippen molar-refractivity contribution < 1.29 is 19.5 Å². The number of methoxy groups -OCH3 is 1. The number of amides is 2. The van der Waals surface area contributed by atoms with E-state index in [9.17, 15) is 14.8 Å². The summed E-state index contributed by atoms with van der Waals surface area (Å²) in [6.45, 7) is 1.85. The Morgan fingerprint density at radius 1 is 1.21 bits per heavy atom. The van der Waals surface area contributed by atoms with Crippen LogP contribution < -0.4 is 10.5 Å². The minimum Gasteiger partial charge on any atom is -0.497 e. The Bertz CT molecular complexity index is 1070. The SMILES string of the molecule is COc1ccc2c(c1)c(CCN(O)C(N)=O)c(C)n2C(=O)/C=C/c1ccccc1. The second kappa shape index (κ2) is 8.62. The van der Waals surface area contributed by atoms with E-state index < -0.39 is 6.03 Å². The van der Waals surface area contributed by atoms with Gasteiger partial charge in [0.15, 0.2) is 0 Å². The van der Waals surface area contributed by atoms with Crippen LogP contribution in [0.3, 0.4) is 0 Å². The highest BCUT2D eigenvalue weighted by atomic mass is 16.5. The molecule has 0 bridgehead atoms. The van der Waals surface area contributed by atoms with Crippen molar-refractivity contribution in [2.24, 2.45) is 5.73 Å². The molecule has 0 aliphatic carbocycles. The summed E-state index contributed by atoms with van der Waals surface area (Å²) in [5.74, 6) is 0.461. The van der Waals surface area contributed by atoms with Crippen LogP contribution in [0, 0.1) is 6.92 Å².